The fraction of sp³-hybridized carbons (Fsp3) is 0.250. The molecule has 4 nitrogen and oxygen atoms in total. The lowest BCUT2D eigenvalue weighted by molar-refractivity contribution is -0.143. The van der Waals surface area contributed by atoms with Crippen molar-refractivity contribution in [2.24, 2.45) is 0 Å². The van der Waals surface area contributed by atoms with E-state index in [4.69, 9.17) is 16.3 Å². The Hall–Kier alpha value is -2.14. The first kappa shape index (κ1) is 17.7. The van der Waals surface area contributed by atoms with Crippen LogP contribution in [0.2, 0.25) is 5.02 Å². The van der Waals surface area contributed by atoms with Gasteiger partial charge in [0.15, 0.2) is 0 Å². The number of halogens is 1. The van der Waals surface area contributed by atoms with Gasteiger partial charge >= 0.3 is 5.97 Å². The second-order valence-corrected chi connectivity index (χ2v) is 6.40. The lowest BCUT2D eigenvalue weighted by Gasteiger charge is -2.29. The number of carbonyl (C=O) groups is 1. The molecule has 2 aromatic carbocycles. The predicted molar refractivity (Wildman–Crippen MR) is 99.2 cm³/mol. The topological polar surface area (TPSA) is 41.6 Å². The van der Waals surface area contributed by atoms with Crippen molar-refractivity contribution in [2.45, 2.75) is 18.2 Å². The molecular formula is C20H21ClN2O2. The zero-order chi connectivity index (χ0) is 17.8. The van der Waals surface area contributed by atoms with Gasteiger partial charge in [-0.2, -0.15) is 0 Å². The normalized spacial score (nSPS) is 23.4. The first-order valence-electron chi connectivity index (χ1n) is 8.16. The van der Waals surface area contributed by atoms with Crippen molar-refractivity contribution in [3.63, 3.8) is 0 Å². The monoisotopic (exact) mass is 356 g/mol. The molecule has 1 heterocycles. The van der Waals surface area contributed by atoms with Gasteiger partial charge in [-0.05, 0) is 23.3 Å². The quantitative estimate of drug-likeness (QED) is 0.655. The number of hydrogen-bond donors (Lipinski definition) is 1. The average Bonchev–Trinajstić information content (AvgIpc) is 3.02. The van der Waals surface area contributed by atoms with Crippen LogP contribution in [0.5, 0.6) is 0 Å². The van der Waals surface area contributed by atoms with E-state index in [1.807, 2.05) is 60.7 Å². The van der Waals surface area contributed by atoms with Gasteiger partial charge in [-0.25, -0.2) is 0 Å². The largest absolute Gasteiger partial charge is 0.468 e. The fourth-order valence-electron chi connectivity index (χ4n) is 3.37. The van der Waals surface area contributed by atoms with E-state index < -0.39 is 6.04 Å². The molecule has 0 radical (unpaired) electrons. The Morgan fingerprint density at radius 1 is 1.20 bits per heavy atom. The van der Waals surface area contributed by atoms with Crippen LogP contribution in [0.15, 0.2) is 67.3 Å². The van der Waals surface area contributed by atoms with Gasteiger partial charge in [-0.3, -0.25) is 15.0 Å². The number of nitrogens with zero attached hydrogens (tertiary/aromatic N) is 1. The second-order valence-electron chi connectivity index (χ2n) is 5.96. The van der Waals surface area contributed by atoms with E-state index >= 15 is 0 Å². The number of ether oxygens (including phenoxy) is 1. The van der Waals surface area contributed by atoms with Crippen LogP contribution in [0, 0.1) is 0 Å². The van der Waals surface area contributed by atoms with Gasteiger partial charge in [0.25, 0.3) is 0 Å². The highest BCUT2D eigenvalue weighted by atomic mass is 35.5. The lowest BCUT2D eigenvalue weighted by Crippen LogP contribution is -2.37. The van der Waals surface area contributed by atoms with E-state index in [1.165, 1.54) is 7.11 Å². The first-order valence-corrected chi connectivity index (χ1v) is 8.54. The van der Waals surface area contributed by atoms with Gasteiger partial charge in [-0.15, -0.1) is 6.58 Å². The van der Waals surface area contributed by atoms with Crippen molar-refractivity contribution in [2.75, 3.05) is 13.7 Å². The Bertz CT molecular complexity index is 733. The summed E-state index contributed by atoms with van der Waals surface area (Å²) >= 11 is 6.02. The molecule has 0 amide bonds. The Balaban J connectivity index is 2.03. The van der Waals surface area contributed by atoms with Gasteiger partial charge < -0.3 is 4.74 Å². The molecule has 0 aliphatic carbocycles. The Labute approximate surface area is 153 Å². The summed E-state index contributed by atoms with van der Waals surface area (Å²) in [5.74, 6) is -0.278. The van der Waals surface area contributed by atoms with E-state index in [9.17, 15) is 4.79 Å². The van der Waals surface area contributed by atoms with Crippen LogP contribution in [-0.2, 0) is 9.53 Å². The molecule has 1 saturated heterocycles. The van der Waals surface area contributed by atoms with Crippen molar-refractivity contribution >= 4 is 17.6 Å². The maximum atomic E-state index is 12.4. The van der Waals surface area contributed by atoms with E-state index in [-0.39, 0.29) is 18.2 Å². The van der Waals surface area contributed by atoms with Crippen LogP contribution >= 0.6 is 11.6 Å². The highest BCUT2D eigenvalue weighted by Crippen LogP contribution is 2.38. The highest BCUT2D eigenvalue weighted by molar-refractivity contribution is 6.30. The summed E-state index contributed by atoms with van der Waals surface area (Å²) in [5, 5.41) is 4.10. The zero-order valence-corrected chi connectivity index (χ0v) is 14.8. The third-order valence-electron chi connectivity index (χ3n) is 4.46. The van der Waals surface area contributed by atoms with Gasteiger partial charge in [0.1, 0.15) is 6.04 Å². The molecular weight excluding hydrogens is 336 g/mol. The Morgan fingerprint density at radius 3 is 2.48 bits per heavy atom. The molecule has 1 aliphatic heterocycles. The first-order chi connectivity index (χ1) is 12.2. The van der Waals surface area contributed by atoms with Crippen LogP contribution in [0.1, 0.15) is 23.3 Å². The molecule has 0 spiro atoms. The van der Waals surface area contributed by atoms with E-state index in [0.717, 1.165) is 11.1 Å². The minimum absolute atomic E-state index is 0.135. The summed E-state index contributed by atoms with van der Waals surface area (Å²) in [4.78, 5) is 14.6. The summed E-state index contributed by atoms with van der Waals surface area (Å²) in [6, 6.07) is 17.0. The number of carbonyl (C=O) groups excluding carboxylic acids is 1. The molecule has 130 valence electrons. The van der Waals surface area contributed by atoms with Crippen LogP contribution in [-0.4, -0.2) is 30.6 Å². The molecule has 0 aromatic heterocycles. The SMILES string of the molecule is C=CCN1[C@@H](c2ccc(Cl)cc2)N[C@@H](C(=O)OC)[C@H]1c1ccccc1. The van der Waals surface area contributed by atoms with Gasteiger partial charge in [-0.1, -0.05) is 60.1 Å². The predicted octanol–water partition coefficient (Wildman–Crippen LogP) is 3.71. The van der Waals surface area contributed by atoms with E-state index in [2.05, 4.69) is 16.8 Å². The maximum absolute atomic E-state index is 12.4. The zero-order valence-electron chi connectivity index (χ0n) is 14.1. The summed E-state index contributed by atoms with van der Waals surface area (Å²) in [6.07, 6.45) is 1.71. The molecule has 0 bridgehead atoms. The van der Waals surface area contributed by atoms with Crippen molar-refractivity contribution in [1.29, 1.82) is 0 Å². The van der Waals surface area contributed by atoms with Crippen molar-refractivity contribution in [3.05, 3.63) is 83.4 Å². The molecule has 5 heteroatoms. The van der Waals surface area contributed by atoms with Crippen molar-refractivity contribution in [3.8, 4) is 0 Å². The van der Waals surface area contributed by atoms with Crippen molar-refractivity contribution < 1.29 is 9.53 Å². The van der Waals surface area contributed by atoms with Crippen LogP contribution < -0.4 is 5.32 Å². The number of nitrogens with one attached hydrogen (secondary N) is 1. The molecule has 0 saturated carbocycles. The molecule has 3 rings (SSSR count). The standard InChI is InChI=1S/C20H21ClN2O2/c1-3-13-23-18(14-7-5-4-6-8-14)17(20(24)25-2)22-19(23)15-9-11-16(21)12-10-15/h3-12,17-19,22H,1,13H2,2H3/t17-,18-,19+/m1/s1. The Morgan fingerprint density at radius 2 is 1.88 bits per heavy atom. The molecule has 2 aromatic rings. The summed E-state index contributed by atoms with van der Waals surface area (Å²) in [7, 11) is 1.42. The highest BCUT2D eigenvalue weighted by Gasteiger charge is 2.45. The number of esters is 1. The molecule has 1 N–H and O–H groups in total. The number of benzene rings is 2. The number of methoxy groups -OCH3 is 1. The molecule has 1 aliphatic rings. The number of hydrogen-bond acceptors (Lipinski definition) is 4. The van der Waals surface area contributed by atoms with Crippen LogP contribution in [0.4, 0.5) is 0 Å². The fourth-order valence-corrected chi connectivity index (χ4v) is 3.49. The Kier molecular flexibility index (Phi) is 5.53. The lowest BCUT2D eigenvalue weighted by atomic mass is 9.99. The molecule has 1 fully saturated rings. The second kappa shape index (κ2) is 7.83. The minimum atomic E-state index is -0.465. The van der Waals surface area contributed by atoms with Gasteiger partial charge in [0.2, 0.25) is 0 Å². The molecule has 25 heavy (non-hydrogen) atoms. The molecule has 3 atom stereocenters. The minimum Gasteiger partial charge on any atom is -0.468 e. The third kappa shape index (κ3) is 3.61. The van der Waals surface area contributed by atoms with Gasteiger partial charge in [0.05, 0.1) is 19.3 Å². The third-order valence-corrected chi connectivity index (χ3v) is 4.72. The van der Waals surface area contributed by atoms with Crippen LogP contribution in [0.25, 0.3) is 0 Å². The maximum Gasteiger partial charge on any atom is 0.324 e. The van der Waals surface area contributed by atoms with E-state index in [0.29, 0.717) is 11.6 Å². The van der Waals surface area contributed by atoms with Crippen molar-refractivity contribution in [1.82, 2.24) is 10.2 Å². The smallest absolute Gasteiger partial charge is 0.324 e. The van der Waals surface area contributed by atoms with Crippen LogP contribution in [0.3, 0.4) is 0 Å². The summed E-state index contributed by atoms with van der Waals surface area (Å²) in [5.41, 5.74) is 2.10. The summed E-state index contributed by atoms with van der Waals surface area (Å²) < 4.78 is 5.04. The summed E-state index contributed by atoms with van der Waals surface area (Å²) in [6.45, 7) is 4.51. The molecule has 0 unspecified atom stereocenters. The van der Waals surface area contributed by atoms with Gasteiger partial charge in [0, 0.05) is 11.6 Å². The number of rotatable bonds is 5. The van der Waals surface area contributed by atoms with E-state index in [1.54, 1.807) is 0 Å². The average molecular weight is 357 g/mol.